The van der Waals surface area contributed by atoms with Crippen molar-refractivity contribution in [3.63, 3.8) is 0 Å². The molecule has 18 heavy (non-hydrogen) atoms. The molecule has 3 nitrogen and oxygen atoms in total. The Kier molecular flexibility index (Phi) is 4.84. The molecule has 1 aromatic heterocycles. The van der Waals surface area contributed by atoms with E-state index in [-0.39, 0.29) is 0 Å². The van der Waals surface area contributed by atoms with E-state index in [1.54, 1.807) is 0 Å². The third-order valence-corrected chi connectivity index (χ3v) is 3.91. The summed E-state index contributed by atoms with van der Waals surface area (Å²) in [6, 6.07) is 2.11. The summed E-state index contributed by atoms with van der Waals surface area (Å²) < 4.78 is 11.8. The number of ether oxygens (including phenoxy) is 1. The van der Waals surface area contributed by atoms with Gasteiger partial charge < -0.3 is 14.5 Å². The second kappa shape index (κ2) is 6.39. The van der Waals surface area contributed by atoms with Gasteiger partial charge in [0.25, 0.3) is 0 Å². The molecular weight excluding hydrogens is 226 g/mol. The molecule has 0 spiro atoms. The molecule has 1 fully saturated rings. The SMILES string of the molecule is CNCc1cc(COC2CCCCC2C)c(C)o1. The Labute approximate surface area is 110 Å². The van der Waals surface area contributed by atoms with E-state index >= 15 is 0 Å². The highest BCUT2D eigenvalue weighted by Gasteiger charge is 2.22. The van der Waals surface area contributed by atoms with Gasteiger partial charge in [0.05, 0.1) is 19.3 Å². The van der Waals surface area contributed by atoms with Crippen LogP contribution in [0.25, 0.3) is 0 Å². The summed E-state index contributed by atoms with van der Waals surface area (Å²) in [4.78, 5) is 0. The van der Waals surface area contributed by atoms with Gasteiger partial charge in [-0.25, -0.2) is 0 Å². The Morgan fingerprint density at radius 2 is 2.17 bits per heavy atom. The predicted octanol–water partition coefficient (Wildman–Crippen LogP) is 3.40. The predicted molar refractivity (Wildman–Crippen MR) is 72.4 cm³/mol. The summed E-state index contributed by atoms with van der Waals surface area (Å²) in [6.07, 6.45) is 5.62. The van der Waals surface area contributed by atoms with Crippen LogP contribution in [-0.2, 0) is 17.9 Å². The van der Waals surface area contributed by atoms with Crippen molar-refractivity contribution >= 4 is 0 Å². The molecule has 0 bridgehead atoms. The van der Waals surface area contributed by atoms with Gasteiger partial charge in [-0.1, -0.05) is 19.8 Å². The second-order valence-corrected chi connectivity index (χ2v) is 5.44. The van der Waals surface area contributed by atoms with Gasteiger partial charge in [0.15, 0.2) is 0 Å². The van der Waals surface area contributed by atoms with Crippen LogP contribution >= 0.6 is 0 Å². The van der Waals surface area contributed by atoms with Gasteiger partial charge in [0.1, 0.15) is 11.5 Å². The molecule has 1 N–H and O–H groups in total. The molecule has 0 amide bonds. The van der Waals surface area contributed by atoms with Crippen LogP contribution in [0.3, 0.4) is 0 Å². The van der Waals surface area contributed by atoms with Crippen molar-refractivity contribution in [1.29, 1.82) is 0 Å². The zero-order valence-corrected chi connectivity index (χ0v) is 11.8. The number of hydrogen-bond donors (Lipinski definition) is 1. The number of aryl methyl sites for hydroxylation is 1. The largest absolute Gasteiger partial charge is 0.465 e. The molecule has 0 aromatic carbocycles. The van der Waals surface area contributed by atoms with E-state index in [1.807, 2.05) is 14.0 Å². The molecule has 1 heterocycles. The summed E-state index contributed by atoms with van der Waals surface area (Å²) in [5.41, 5.74) is 1.19. The van der Waals surface area contributed by atoms with Crippen LogP contribution in [0.15, 0.2) is 10.5 Å². The van der Waals surface area contributed by atoms with Gasteiger partial charge in [-0.3, -0.25) is 0 Å². The zero-order valence-electron chi connectivity index (χ0n) is 11.8. The van der Waals surface area contributed by atoms with Crippen molar-refractivity contribution in [3.05, 3.63) is 23.2 Å². The van der Waals surface area contributed by atoms with Crippen molar-refractivity contribution in [2.75, 3.05) is 7.05 Å². The van der Waals surface area contributed by atoms with Gasteiger partial charge in [0, 0.05) is 5.56 Å². The van der Waals surface area contributed by atoms with Crippen molar-refractivity contribution in [2.24, 2.45) is 5.92 Å². The van der Waals surface area contributed by atoms with Crippen molar-refractivity contribution < 1.29 is 9.15 Å². The number of furan rings is 1. The molecule has 2 rings (SSSR count). The lowest BCUT2D eigenvalue weighted by Gasteiger charge is -2.28. The van der Waals surface area contributed by atoms with Gasteiger partial charge in [-0.15, -0.1) is 0 Å². The van der Waals surface area contributed by atoms with Crippen LogP contribution in [0.1, 0.15) is 49.7 Å². The van der Waals surface area contributed by atoms with E-state index in [9.17, 15) is 0 Å². The highest BCUT2D eigenvalue weighted by molar-refractivity contribution is 5.19. The van der Waals surface area contributed by atoms with Crippen molar-refractivity contribution in [3.8, 4) is 0 Å². The minimum absolute atomic E-state index is 0.431. The van der Waals surface area contributed by atoms with Crippen LogP contribution < -0.4 is 5.32 Å². The average Bonchev–Trinajstić information content (AvgIpc) is 2.69. The minimum atomic E-state index is 0.431. The third-order valence-electron chi connectivity index (χ3n) is 3.91. The Hall–Kier alpha value is -0.800. The smallest absolute Gasteiger partial charge is 0.118 e. The fraction of sp³-hybridized carbons (Fsp3) is 0.733. The Bertz CT molecular complexity index is 373. The summed E-state index contributed by atoms with van der Waals surface area (Å²) in [7, 11) is 1.93. The highest BCUT2D eigenvalue weighted by atomic mass is 16.5. The molecule has 1 aliphatic rings. The molecule has 0 saturated heterocycles. The second-order valence-electron chi connectivity index (χ2n) is 5.44. The molecule has 1 aromatic rings. The van der Waals surface area contributed by atoms with Crippen LogP contribution in [0.4, 0.5) is 0 Å². The Balaban J connectivity index is 1.88. The molecule has 0 aliphatic heterocycles. The third kappa shape index (κ3) is 3.36. The Morgan fingerprint density at radius 3 is 2.89 bits per heavy atom. The van der Waals surface area contributed by atoms with E-state index in [1.165, 1.54) is 31.2 Å². The number of hydrogen-bond acceptors (Lipinski definition) is 3. The fourth-order valence-electron chi connectivity index (χ4n) is 2.72. The molecule has 2 atom stereocenters. The van der Waals surface area contributed by atoms with E-state index in [0.717, 1.165) is 18.1 Å². The molecule has 3 heteroatoms. The van der Waals surface area contributed by atoms with Crippen molar-refractivity contribution in [2.45, 2.75) is 58.8 Å². The topological polar surface area (TPSA) is 34.4 Å². The summed E-state index contributed by atoms with van der Waals surface area (Å²) >= 11 is 0. The van der Waals surface area contributed by atoms with Gasteiger partial charge >= 0.3 is 0 Å². The molecular formula is C15H25NO2. The molecule has 0 radical (unpaired) electrons. The first kappa shape index (κ1) is 13.6. The first-order valence-electron chi connectivity index (χ1n) is 7.05. The number of nitrogens with one attached hydrogen (secondary N) is 1. The Morgan fingerprint density at radius 1 is 1.39 bits per heavy atom. The van der Waals surface area contributed by atoms with E-state index in [2.05, 4.69) is 18.3 Å². The minimum Gasteiger partial charge on any atom is -0.465 e. The van der Waals surface area contributed by atoms with Gasteiger partial charge in [-0.2, -0.15) is 0 Å². The summed E-state index contributed by atoms with van der Waals surface area (Å²) in [5.74, 6) is 2.68. The zero-order chi connectivity index (χ0) is 13.0. The maximum Gasteiger partial charge on any atom is 0.118 e. The monoisotopic (exact) mass is 251 g/mol. The quantitative estimate of drug-likeness (QED) is 0.871. The van der Waals surface area contributed by atoms with E-state index < -0.39 is 0 Å². The molecule has 1 aliphatic carbocycles. The van der Waals surface area contributed by atoms with Crippen LogP contribution in [0.5, 0.6) is 0 Å². The summed E-state index contributed by atoms with van der Waals surface area (Å²) in [5, 5.41) is 3.10. The van der Waals surface area contributed by atoms with E-state index in [4.69, 9.17) is 9.15 Å². The summed E-state index contributed by atoms with van der Waals surface area (Å²) in [6.45, 7) is 5.79. The number of rotatable bonds is 5. The molecule has 2 unspecified atom stereocenters. The lowest BCUT2D eigenvalue weighted by atomic mass is 9.88. The van der Waals surface area contributed by atoms with Crippen LogP contribution in [0.2, 0.25) is 0 Å². The molecule has 102 valence electrons. The first-order chi connectivity index (χ1) is 8.70. The maximum absolute atomic E-state index is 6.07. The standard InChI is InChI=1S/C15H25NO2/c1-11-6-4-5-7-15(11)17-10-13-8-14(9-16-3)18-12(13)2/h8,11,15-16H,4-7,9-10H2,1-3H3. The van der Waals surface area contributed by atoms with E-state index in [0.29, 0.717) is 18.6 Å². The van der Waals surface area contributed by atoms with Gasteiger partial charge in [-0.05, 0) is 38.8 Å². The van der Waals surface area contributed by atoms with Crippen molar-refractivity contribution in [1.82, 2.24) is 5.32 Å². The normalized spacial score (nSPS) is 24.4. The van der Waals surface area contributed by atoms with Gasteiger partial charge in [0.2, 0.25) is 0 Å². The maximum atomic E-state index is 6.07. The molecule has 1 saturated carbocycles. The first-order valence-corrected chi connectivity index (χ1v) is 7.05. The van der Waals surface area contributed by atoms with Crippen LogP contribution in [0, 0.1) is 12.8 Å². The lowest BCUT2D eigenvalue weighted by Crippen LogP contribution is -2.25. The average molecular weight is 251 g/mol. The fourth-order valence-corrected chi connectivity index (χ4v) is 2.72. The lowest BCUT2D eigenvalue weighted by molar-refractivity contribution is -0.0158. The van der Waals surface area contributed by atoms with Crippen LogP contribution in [-0.4, -0.2) is 13.2 Å². The highest BCUT2D eigenvalue weighted by Crippen LogP contribution is 2.27.